The van der Waals surface area contributed by atoms with Gasteiger partial charge in [0.2, 0.25) is 0 Å². The van der Waals surface area contributed by atoms with E-state index in [-0.39, 0.29) is 71.3 Å². The van der Waals surface area contributed by atoms with E-state index in [1.54, 1.807) is 0 Å². The number of carbonyl (C=O) groups excluding carboxylic acids is 6. The Morgan fingerprint density at radius 2 is 0.350 bits per heavy atom. The van der Waals surface area contributed by atoms with Crippen LogP contribution in [0, 0.1) is 32.5 Å². The fraction of sp³-hybridized carbons (Fsp3) is 0.818. The molecular weight excluding hydrogens is 519 g/mol. The molecule has 3 radical (unpaired) electrons. The molecule has 0 amide bonds. The predicted molar refractivity (Wildman–Crippen MR) is 166 cm³/mol. The fourth-order valence-electron chi connectivity index (χ4n) is 2.03. The summed E-state index contributed by atoms with van der Waals surface area (Å²) in [4.78, 5) is 69.0. The van der Waals surface area contributed by atoms with Gasteiger partial charge in [0.1, 0.15) is 34.7 Å². The van der Waals surface area contributed by atoms with Gasteiger partial charge in [0.15, 0.2) is 0 Å². The smallest absolute Gasteiger partial charge is 0.145 e. The Morgan fingerprint density at radius 3 is 0.400 bits per heavy atom. The third-order valence-corrected chi connectivity index (χ3v) is 5.98. The van der Waals surface area contributed by atoms with Crippen LogP contribution in [0.25, 0.3) is 0 Å². The molecular formula is C33H60AlO6. The molecule has 0 aromatic heterocycles. The van der Waals surface area contributed by atoms with Gasteiger partial charge in [0, 0.05) is 49.9 Å². The van der Waals surface area contributed by atoms with Crippen LogP contribution in [0.4, 0.5) is 0 Å². The van der Waals surface area contributed by atoms with Gasteiger partial charge >= 0.3 is 0 Å². The van der Waals surface area contributed by atoms with Gasteiger partial charge in [-0.15, -0.1) is 0 Å². The number of hydrogen-bond donors (Lipinski definition) is 0. The second kappa shape index (κ2) is 16.3. The first-order valence-electron chi connectivity index (χ1n) is 13.8. The van der Waals surface area contributed by atoms with Crippen molar-refractivity contribution in [3.8, 4) is 0 Å². The molecule has 0 saturated heterocycles. The Labute approximate surface area is 256 Å². The normalized spacial score (nSPS) is 12.4. The predicted octanol–water partition coefficient (Wildman–Crippen LogP) is 7.44. The van der Waals surface area contributed by atoms with Crippen molar-refractivity contribution < 1.29 is 28.8 Å². The first kappa shape index (κ1) is 45.5. The fourth-order valence-corrected chi connectivity index (χ4v) is 2.03. The summed E-state index contributed by atoms with van der Waals surface area (Å²) in [6.45, 7) is 33.1. The molecule has 0 rings (SSSR count). The van der Waals surface area contributed by atoms with Crippen molar-refractivity contribution in [1.82, 2.24) is 0 Å². The van der Waals surface area contributed by atoms with Crippen LogP contribution in [0.2, 0.25) is 0 Å². The molecule has 0 aromatic rings. The van der Waals surface area contributed by atoms with Gasteiger partial charge in [0.25, 0.3) is 0 Å². The van der Waals surface area contributed by atoms with Crippen LogP contribution < -0.4 is 0 Å². The van der Waals surface area contributed by atoms with Crippen molar-refractivity contribution in [1.29, 1.82) is 0 Å². The molecule has 0 unspecified atom stereocenters. The van der Waals surface area contributed by atoms with E-state index in [0.29, 0.717) is 0 Å². The average molecular weight is 580 g/mol. The first-order valence-corrected chi connectivity index (χ1v) is 13.8. The number of hydrogen-bond acceptors (Lipinski definition) is 6. The second-order valence-electron chi connectivity index (χ2n) is 16.6. The zero-order valence-electron chi connectivity index (χ0n) is 29.1. The van der Waals surface area contributed by atoms with Gasteiger partial charge in [-0.2, -0.15) is 0 Å². The molecule has 0 atom stereocenters. The largest absolute Gasteiger partial charge is 0.299 e. The summed E-state index contributed by atoms with van der Waals surface area (Å²) in [7, 11) is 0. The lowest BCUT2D eigenvalue weighted by molar-refractivity contribution is -0.136. The van der Waals surface area contributed by atoms with Gasteiger partial charge in [-0.05, 0) is 0 Å². The molecule has 0 aliphatic carbocycles. The molecule has 0 heterocycles. The Morgan fingerprint density at radius 1 is 0.275 bits per heavy atom. The molecule has 6 nitrogen and oxygen atoms in total. The summed E-state index contributed by atoms with van der Waals surface area (Å²) in [6.07, 6.45) is 0.187. The summed E-state index contributed by atoms with van der Waals surface area (Å²) < 4.78 is 0. The molecule has 231 valence electrons. The van der Waals surface area contributed by atoms with E-state index in [4.69, 9.17) is 0 Å². The molecule has 7 heteroatoms. The Bertz CT molecular complexity index is 693. The minimum Gasteiger partial charge on any atom is -0.299 e. The summed E-state index contributed by atoms with van der Waals surface area (Å²) >= 11 is 0. The third kappa shape index (κ3) is 21.3. The van der Waals surface area contributed by atoms with Crippen LogP contribution in [-0.2, 0) is 28.8 Å². The van der Waals surface area contributed by atoms with Crippen molar-refractivity contribution in [2.45, 2.75) is 144 Å². The zero-order chi connectivity index (χ0) is 32.6. The highest BCUT2D eigenvalue weighted by Gasteiger charge is 2.31. The van der Waals surface area contributed by atoms with Crippen molar-refractivity contribution >= 4 is 52.1 Å². The maximum Gasteiger partial charge on any atom is 0.145 e. The minimum absolute atomic E-state index is 0. The van der Waals surface area contributed by atoms with Gasteiger partial charge < -0.3 is 0 Å². The maximum absolute atomic E-state index is 11.5. The zero-order valence-corrected chi connectivity index (χ0v) is 30.3. The SMILES string of the molecule is CC(C)(C)C(=O)CC(=O)C(C)(C)C.CC(C)(C)C(=O)CC(=O)C(C)(C)C.CC(C)(C)C(=O)CC(=O)C(C)(C)C.[Al]. The van der Waals surface area contributed by atoms with Crippen molar-refractivity contribution in [3.05, 3.63) is 0 Å². The van der Waals surface area contributed by atoms with E-state index in [0.717, 1.165) is 0 Å². The maximum atomic E-state index is 11.5. The number of carbonyl (C=O) groups is 6. The topological polar surface area (TPSA) is 102 Å². The number of Topliss-reactive ketones (excluding diaryl/α,β-unsaturated/α-hetero) is 6. The van der Waals surface area contributed by atoms with Gasteiger partial charge in [-0.1, -0.05) is 125 Å². The molecule has 0 aliphatic rings. The van der Waals surface area contributed by atoms with E-state index in [1.807, 2.05) is 125 Å². The molecule has 0 aromatic carbocycles. The van der Waals surface area contributed by atoms with Crippen LogP contribution >= 0.6 is 0 Å². The van der Waals surface area contributed by atoms with Crippen LogP contribution in [0.3, 0.4) is 0 Å². The van der Waals surface area contributed by atoms with Crippen molar-refractivity contribution in [2.24, 2.45) is 32.5 Å². The molecule has 0 saturated carbocycles. The average Bonchev–Trinajstić information content (AvgIpc) is 2.64. The molecule has 40 heavy (non-hydrogen) atoms. The molecule has 0 fully saturated rings. The highest BCUT2D eigenvalue weighted by molar-refractivity contribution is 6.04. The number of ketones is 6. The Kier molecular flexibility index (Phi) is 18.5. The highest BCUT2D eigenvalue weighted by Crippen LogP contribution is 2.24. The van der Waals surface area contributed by atoms with E-state index >= 15 is 0 Å². The summed E-state index contributed by atoms with van der Waals surface area (Å²) in [5, 5.41) is 0. The van der Waals surface area contributed by atoms with Crippen LogP contribution in [-0.4, -0.2) is 52.1 Å². The third-order valence-electron chi connectivity index (χ3n) is 5.98. The second-order valence-corrected chi connectivity index (χ2v) is 16.6. The quantitative estimate of drug-likeness (QED) is 0.239. The standard InChI is InChI=1S/3C11H20O2.Al/c3*1-10(2,3)8(12)7-9(13)11(4,5)6;/h3*7H2,1-6H3;. The lowest BCUT2D eigenvalue weighted by atomic mass is 9.82. The van der Waals surface area contributed by atoms with E-state index in [1.165, 1.54) is 0 Å². The summed E-state index contributed by atoms with van der Waals surface area (Å²) in [5.41, 5.74) is -2.41. The van der Waals surface area contributed by atoms with E-state index in [9.17, 15) is 28.8 Å². The summed E-state index contributed by atoms with van der Waals surface area (Å²) in [6, 6.07) is 0. The summed E-state index contributed by atoms with van der Waals surface area (Å²) in [5.74, 6) is 0.125. The lowest BCUT2D eigenvalue weighted by Crippen LogP contribution is -2.28. The Balaban J connectivity index is -0.000000240. The van der Waals surface area contributed by atoms with E-state index in [2.05, 4.69) is 0 Å². The lowest BCUT2D eigenvalue weighted by Gasteiger charge is -2.20. The minimum atomic E-state index is -0.402. The molecule has 0 bridgehead atoms. The van der Waals surface area contributed by atoms with Crippen LogP contribution in [0.1, 0.15) is 144 Å². The number of rotatable bonds is 6. The molecule has 0 aliphatic heterocycles. The van der Waals surface area contributed by atoms with Gasteiger partial charge in [-0.25, -0.2) is 0 Å². The highest BCUT2D eigenvalue weighted by atomic mass is 27.0. The first-order chi connectivity index (χ1) is 16.6. The monoisotopic (exact) mass is 579 g/mol. The molecule has 0 spiro atoms. The Hall–Kier alpha value is -1.45. The van der Waals surface area contributed by atoms with Crippen molar-refractivity contribution in [3.63, 3.8) is 0 Å². The van der Waals surface area contributed by atoms with Crippen LogP contribution in [0.5, 0.6) is 0 Å². The van der Waals surface area contributed by atoms with Crippen LogP contribution in [0.15, 0.2) is 0 Å². The van der Waals surface area contributed by atoms with Crippen molar-refractivity contribution in [2.75, 3.05) is 0 Å². The van der Waals surface area contributed by atoms with Gasteiger partial charge in [-0.3, -0.25) is 28.8 Å². The van der Waals surface area contributed by atoms with Gasteiger partial charge in [0.05, 0.1) is 19.3 Å². The molecule has 0 N–H and O–H groups in total. The van der Waals surface area contributed by atoms with E-state index < -0.39 is 32.5 Å².